The Bertz CT molecular complexity index is 258. The maximum absolute atomic E-state index is 10.9. The molecule has 0 bridgehead atoms. The fraction of sp³-hybridized carbons (Fsp3) is 0.909. The molecular weight excluding hydrogens is 206 g/mol. The predicted molar refractivity (Wildman–Crippen MR) is 61.1 cm³/mol. The summed E-state index contributed by atoms with van der Waals surface area (Å²) in [4.78, 5) is 13.3. The summed E-state index contributed by atoms with van der Waals surface area (Å²) in [5.41, 5.74) is 5.94. The maximum Gasteiger partial charge on any atom is 0.407 e. The Morgan fingerprint density at radius 1 is 1.69 bits per heavy atom. The average Bonchev–Trinajstić information content (AvgIpc) is 2.64. The van der Waals surface area contributed by atoms with Crippen LogP contribution < -0.4 is 11.1 Å². The van der Waals surface area contributed by atoms with Crippen molar-refractivity contribution < 1.29 is 9.53 Å². The van der Waals surface area contributed by atoms with E-state index >= 15 is 0 Å². The number of carbonyl (C=O) groups excluding carboxylic acids is 1. The fourth-order valence-electron chi connectivity index (χ4n) is 2.51. The van der Waals surface area contributed by atoms with Crippen LogP contribution >= 0.6 is 0 Å². The van der Waals surface area contributed by atoms with Crippen molar-refractivity contribution in [3.05, 3.63) is 0 Å². The number of ether oxygens (including phenoxy) is 1. The van der Waals surface area contributed by atoms with E-state index in [1.54, 1.807) is 0 Å². The Morgan fingerprint density at radius 3 is 3.12 bits per heavy atom. The molecule has 2 heterocycles. The first-order chi connectivity index (χ1) is 7.65. The second-order valence-corrected chi connectivity index (χ2v) is 4.93. The van der Waals surface area contributed by atoms with Gasteiger partial charge in [0.25, 0.3) is 0 Å². The summed E-state index contributed by atoms with van der Waals surface area (Å²) in [6.07, 6.45) is 2.14. The average molecular weight is 227 g/mol. The van der Waals surface area contributed by atoms with E-state index in [9.17, 15) is 4.79 Å². The van der Waals surface area contributed by atoms with Crippen molar-refractivity contribution in [2.45, 2.75) is 31.9 Å². The van der Waals surface area contributed by atoms with E-state index in [1.807, 2.05) is 0 Å². The van der Waals surface area contributed by atoms with Gasteiger partial charge in [-0.2, -0.15) is 0 Å². The molecular formula is C11H21N3O2. The van der Waals surface area contributed by atoms with Crippen molar-refractivity contribution in [3.63, 3.8) is 0 Å². The maximum atomic E-state index is 10.9. The lowest BCUT2D eigenvalue weighted by Gasteiger charge is -2.35. The van der Waals surface area contributed by atoms with Crippen LogP contribution in [0.1, 0.15) is 19.8 Å². The zero-order valence-corrected chi connectivity index (χ0v) is 9.82. The summed E-state index contributed by atoms with van der Waals surface area (Å²) in [5.74, 6) is 0.582. The smallest absolute Gasteiger partial charge is 0.407 e. The molecule has 2 aliphatic heterocycles. The van der Waals surface area contributed by atoms with Gasteiger partial charge in [-0.1, -0.05) is 0 Å². The highest BCUT2D eigenvalue weighted by atomic mass is 16.6. The van der Waals surface area contributed by atoms with Crippen molar-refractivity contribution in [1.29, 1.82) is 0 Å². The van der Waals surface area contributed by atoms with Gasteiger partial charge < -0.3 is 15.8 Å². The number of hydrogen-bond acceptors (Lipinski definition) is 4. The fourth-order valence-corrected chi connectivity index (χ4v) is 2.51. The number of alkyl carbamates (subject to hydrolysis) is 1. The van der Waals surface area contributed by atoms with Crippen molar-refractivity contribution in [2.75, 3.05) is 26.2 Å². The van der Waals surface area contributed by atoms with E-state index in [0.717, 1.165) is 19.6 Å². The summed E-state index contributed by atoms with van der Waals surface area (Å²) < 4.78 is 5.14. The van der Waals surface area contributed by atoms with E-state index in [1.165, 1.54) is 12.8 Å². The Kier molecular flexibility index (Phi) is 3.66. The summed E-state index contributed by atoms with van der Waals surface area (Å²) in [5, 5.41) is 2.68. The molecule has 1 amide bonds. The zero-order chi connectivity index (χ0) is 11.5. The minimum absolute atomic E-state index is 0.0133. The monoisotopic (exact) mass is 227 g/mol. The van der Waals surface area contributed by atoms with Gasteiger partial charge in [0.05, 0.1) is 6.54 Å². The van der Waals surface area contributed by atoms with Gasteiger partial charge in [0, 0.05) is 19.1 Å². The largest absolute Gasteiger partial charge is 0.443 e. The molecule has 0 aromatic rings. The highest BCUT2D eigenvalue weighted by molar-refractivity contribution is 5.69. The molecule has 5 nitrogen and oxygen atoms in total. The van der Waals surface area contributed by atoms with Crippen molar-refractivity contribution in [2.24, 2.45) is 11.7 Å². The van der Waals surface area contributed by atoms with Gasteiger partial charge in [-0.25, -0.2) is 4.79 Å². The van der Waals surface area contributed by atoms with Gasteiger partial charge in [0.15, 0.2) is 0 Å². The van der Waals surface area contributed by atoms with Gasteiger partial charge in [0.2, 0.25) is 0 Å². The highest BCUT2D eigenvalue weighted by Gasteiger charge is 2.28. The lowest BCUT2D eigenvalue weighted by molar-refractivity contribution is 0.0838. The molecule has 2 saturated heterocycles. The summed E-state index contributed by atoms with van der Waals surface area (Å²) in [6, 6.07) is 0.257. The van der Waals surface area contributed by atoms with Gasteiger partial charge >= 0.3 is 6.09 Å². The number of piperidine rings is 1. The van der Waals surface area contributed by atoms with Crippen molar-refractivity contribution in [3.8, 4) is 0 Å². The summed E-state index contributed by atoms with van der Waals surface area (Å²) in [6.45, 7) is 5.68. The van der Waals surface area contributed by atoms with E-state index in [4.69, 9.17) is 10.5 Å². The second kappa shape index (κ2) is 5.01. The number of carbonyl (C=O) groups is 1. The first-order valence-corrected chi connectivity index (χ1v) is 6.07. The molecule has 2 aliphatic rings. The minimum atomic E-state index is -0.286. The molecule has 16 heavy (non-hydrogen) atoms. The number of cyclic esters (lactones) is 1. The molecule has 3 atom stereocenters. The van der Waals surface area contributed by atoms with Crippen LogP contribution in [0.5, 0.6) is 0 Å². The molecule has 0 saturated carbocycles. The second-order valence-electron chi connectivity index (χ2n) is 4.93. The van der Waals surface area contributed by atoms with E-state index in [-0.39, 0.29) is 18.2 Å². The number of hydrogen-bond donors (Lipinski definition) is 2. The molecule has 92 valence electrons. The first kappa shape index (κ1) is 11.7. The molecule has 0 aromatic heterocycles. The Hall–Kier alpha value is -0.810. The number of nitrogens with one attached hydrogen (secondary N) is 1. The Labute approximate surface area is 96.3 Å². The number of amides is 1. The SMILES string of the molecule is CC(N)C1CCCN(CC2CNC(=O)O2)C1. The van der Waals surface area contributed by atoms with Crippen LogP contribution in [0.25, 0.3) is 0 Å². The van der Waals surface area contributed by atoms with Crippen LogP contribution in [0.3, 0.4) is 0 Å². The predicted octanol–water partition coefficient (Wildman–Crippen LogP) is 0.154. The standard InChI is InChI=1S/C11H21N3O2/c1-8(12)9-3-2-4-14(6-9)7-10-5-13-11(15)16-10/h8-10H,2-7,12H2,1H3,(H,13,15). The number of nitrogens with two attached hydrogens (primary N) is 1. The summed E-state index contributed by atoms with van der Waals surface area (Å²) in [7, 11) is 0. The third kappa shape index (κ3) is 2.86. The third-order valence-electron chi connectivity index (χ3n) is 3.50. The molecule has 3 N–H and O–H groups in total. The molecule has 0 aromatic carbocycles. The van der Waals surface area contributed by atoms with Crippen molar-refractivity contribution >= 4 is 6.09 Å². The van der Waals surface area contributed by atoms with Crippen LogP contribution in [-0.4, -0.2) is 49.3 Å². The normalized spacial score (nSPS) is 33.2. The minimum Gasteiger partial charge on any atom is -0.443 e. The van der Waals surface area contributed by atoms with Gasteiger partial charge in [-0.05, 0) is 32.2 Å². The van der Waals surface area contributed by atoms with Gasteiger partial charge in [-0.15, -0.1) is 0 Å². The van der Waals surface area contributed by atoms with Gasteiger partial charge in [-0.3, -0.25) is 4.90 Å². The van der Waals surface area contributed by atoms with E-state index in [0.29, 0.717) is 12.5 Å². The molecule has 0 spiro atoms. The highest BCUT2D eigenvalue weighted by Crippen LogP contribution is 2.19. The van der Waals surface area contributed by atoms with Crippen LogP contribution in [0.4, 0.5) is 4.79 Å². The van der Waals surface area contributed by atoms with Crippen molar-refractivity contribution in [1.82, 2.24) is 10.2 Å². The lowest BCUT2D eigenvalue weighted by Crippen LogP contribution is -2.45. The quantitative estimate of drug-likeness (QED) is 0.720. The molecule has 0 aliphatic carbocycles. The Balaban J connectivity index is 1.79. The molecule has 3 unspecified atom stereocenters. The molecule has 2 fully saturated rings. The summed E-state index contributed by atoms with van der Waals surface area (Å²) >= 11 is 0. The molecule has 0 radical (unpaired) electrons. The number of nitrogens with zero attached hydrogens (tertiary/aromatic N) is 1. The zero-order valence-electron chi connectivity index (χ0n) is 9.82. The lowest BCUT2D eigenvalue weighted by atomic mass is 9.92. The first-order valence-electron chi connectivity index (χ1n) is 6.07. The number of likely N-dealkylation sites (tertiary alicyclic amines) is 1. The molecule has 2 rings (SSSR count). The van der Waals surface area contributed by atoms with Crippen LogP contribution in [0.2, 0.25) is 0 Å². The third-order valence-corrected chi connectivity index (χ3v) is 3.50. The number of rotatable bonds is 3. The van der Waals surface area contributed by atoms with Crippen LogP contribution in [-0.2, 0) is 4.74 Å². The van der Waals surface area contributed by atoms with Gasteiger partial charge in [0.1, 0.15) is 6.10 Å². The Morgan fingerprint density at radius 2 is 2.50 bits per heavy atom. The molecule has 5 heteroatoms. The van der Waals surface area contributed by atoms with Crippen LogP contribution in [0, 0.1) is 5.92 Å². The van der Waals surface area contributed by atoms with E-state index in [2.05, 4.69) is 17.1 Å². The van der Waals surface area contributed by atoms with E-state index < -0.39 is 0 Å². The topological polar surface area (TPSA) is 67.6 Å². The van der Waals surface area contributed by atoms with Crippen LogP contribution in [0.15, 0.2) is 0 Å².